The fourth-order valence-electron chi connectivity index (χ4n) is 1.45. The molecular weight excluding hydrogens is 220 g/mol. The zero-order valence-corrected chi connectivity index (χ0v) is 10.6. The Morgan fingerprint density at radius 1 is 1.29 bits per heavy atom. The van der Waals surface area contributed by atoms with Crippen LogP contribution in [0.3, 0.4) is 0 Å². The van der Waals surface area contributed by atoms with Crippen molar-refractivity contribution in [3.05, 3.63) is 0 Å². The van der Waals surface area contributed by atoms with E-state index in [0.717, 1.165) is 13.0 Å². The summed E-state index contributed by atoms with van der Waals surface area (Å²) in [4.78, 5) is 22.3. The SMILES string of the molecule is CC(C)(CC(=O)NCCCNC1CC1)C(=O)O. The Morgan fingerprint density at radius 2 is 1.94 bits per heavy atom. The summed E-state index contributed by atoms with van der Waals surface area (Å²) in [6.45, 7) is 4.63. The fraction of sp³-hybridized carbons (Fsp3) is 0.833. The van der Waals surface area contributed by atoms with Crippen molar-refractivity contribution < 1.29 is 14.7 Å². The molecular formula is C12H22N2O3. The summed E-state index contributed by atoms with van der Waals surface area (Å²) < 4.78 is 0. The number of rotatable bonds is 8. The van der Waals surface area contributed by atoms with Crippen molar-refractivity contribution in [2.24, 2.45) is 5.41 Å². The van der Waals surface area contributed by atoms with Gasteiger partial charge >= 0.3 is 5.97 Å². The average molecular weight is 242 g/mol. The van der Waals surface area contributed by atoms with Crippen molar-refractivity contribution >= 4 is 11.9 Å². The van der Waals surface area contributed by atoms with Crippen molar-refractivity contribution in [3.8, 4) is 0 Å². The van der Waals surface area contributed by atoms with E-state index < -0.39 is 11.4 Å². The van der Waals surface area contributed by atoms with Gasteiger partial charge in [-0.25, -0.2) is 0 Å². The van der Waals surface area contributed by atoms with Gasteiger partial charge in [0.05, 0.1) is 5.41 Å². The lowest BCUT2D eigenvalue weighted by molar-refractivity contribution is -0.149. The summed E-state index contributed by atoms with van der Waals surface area (Å²) in [5, 5.41) is 15.0. The second-order valence-electron chi connectivity index (χ2n) is 5.30. The smallest absolute Gasteiger partial charge is 0.309 e. The normalized spacial score (nSPS) is 15.6. The van der Waals surface area contributed by atoms with Crippen LogP contribution in [0.2, 0.25) is 0 Å². The molecule has 1 rings (SSSR count). The van der Waals surface area contributed by atoms with E-state index in [2.05, 4.69) is 10.6 Å². The second kappa shape index (κ2) is 6.00. The molecule has 0 aromatic rings. The van der Waals surface area contributed by atoms with E-state index in [-0.39, 0.29) is 12.3 Å². The van der Waals surface area contributed by atoms with Crippen LogP contribution < -0.4 is 10.6 Å². The first-order valence-electron chi connectivity index (χ1n) is 6.15. The first-order valence-corrected chi connectivity index (χ1v) is 6.15. The van der Waals surface area contributed by atoms with Gasteiger partial charge in [-0.1, -0.05) is 0 Å². The summed E-state index contributed by atoms with van der Waals surface area (Å²) in [6, 6.07) is 0.691. The molecule has 3 N–H and O–H groups in total. The van der Waals surface area contributed by atoms with Crippen molar-refractivity contribution in [1.29, 1.82) is 0 Å². The lowest BCUT2D eigenvalue weighted by Gasteiger charge is -2.18. The lowest BCUT2D eigenvalue weighted by Crippen LogP contribution is -2.34. The number of carbonyl (C=O) groups is 2. The maximum absolute atomic E-state index is 11.5. The van der Waals surface area contributed by atoms with Gasteiger partial charge in [0.15, 0.2) is 0 Å². The van der Waals surface area contributed by atoms with Crippen LogP contribution in [0.5, 0.6) is 0 Å². The van der Waals surface area contributed by atoms with Crippen LogP contribution >= 0.6 is 0 Å². The Morgan fingerprint density at radius 3 is 2.47 bits per heavy atom. The van der Waals surface area contributed by atoms with Gasteiger partial charge < -0.3 is 15.7 Å². The number of carboxylic acid groups (broad SMARTS) is 1. The van der Waals surface area contributed by atoms with Crippen molar-refractivity contribution in [2.75, 3.05) is 13.1 Å². The van der Waals surface area contributed by atoms with E-state index in [9.17, 15) is 9.59 Å². The molecule has 1 aliphatic carbocycles. The number of nitrogens with one attached hydrogen (secondary N) is 2. The molecule has 0 bridgehead atoms. The Labute approximate surface area is 102 Å². The maximum atomic E-state index is 11.5. The zero-order chi connectivity index (χ0) is 12.9. The van der Waals surface area contributed by atoms with Gasteiger partial charge in [-0.05, 0) is 39.7 Å². The molecule has 0 aromatic carbocycles. The molecule has 0 unspecified atom stereocenters. The van der Waals surface area contributed by atoms with Crippen LogP contribution in [0.25, 0.3) is 0 Å². The van der Waals surface area contributed by atoms with Gasteiger partial charge in [0.25, 0.3) is 0 Å². The van der Waals surface area contributed by atoms with Gasteiger partial charge in [0.1, 0.15) is 0 Å². The second-order valence-corrected chi connectivity index (χ2v) is 5.30. The highest BCUT2D eigenvalue weighted by Gasteiger charge is 2.29. The molecule has 1 saturated carbocycles. The maximum Gasteiger partial charge on any atom is 0.309 e. The number of carboxylic acids is 1. The van der Waals surface area contributed by atoms with E-state index in [0.29, 0.717) is 12.6 Å². The predicted molar refractivity (Wildman–Crippen MR) is 64.7 cm³/mol. The van der Waals surface area contributed by atoms with Gasteiger partial charge in [-0.2, -0.15) is 0 Å². The number of aliphatic carboxylic acids is 1. The molecule has 0 spiro atoms. The van der Waals surface area contributed by atoms with E-state index in [4.69, 9.17) is 5.11 Å². The minimum Gasteiger partial charge on any atom is -0.481 e. The number of hydrogen-bond acceptors (Lipinski definition) is 3. The Bertz CT molecular complexity index is 285. The van der Waals surface area contributed by atoms with Gasteiger partial charge in [-0.15, -0.1) is 0 Å². The average Bonchev–Trinajstić information content (AvgIpc) is 3.00. The molecule has 17 heavy (non-hydrogen) atoms. The molecule has 5 heteroatoms. The third-order valence-electron chi connectivity index (χ3n) is 2.87. The molecule has 0 saturated heterocycles. The predicted octanol–water partition coefficient (Wildman–Crippen LogP) is 0.746. The molecule has 1 aliphatic rings. The first kappa shape index (κ1) is 14.0. The van der Waals surface area contributed by atoms with Crippen LogP contribution in [0.4, 0.5) is 0 Å². The summed E-state index contributed by atoms with van der Waals surface area (Å²) in [5.74, 6) is -1.13. The highest BCUT2D eigenvalue weighted by molar-refractivity contribution is 5.84. The standard InChI is InChI=1S/C12H22N2O3/c1-12(2,11(16)17)8-10(15)14-7-3-6-13-9-4-5-9/h9,13H,3-8H2,1-2H3,(H,14,15)(H,16,17). The van der Waals surface area contributed by atoms with Gasteiger partial charge in [0.2, 0.25) is 5.91 Å². The van der Waals surface area contributed by atoms with Crippen LogP contribution in [-0.4, -0.2) is 36.1 Å². The van der Waals surface area contributed by atoms with Crippen LogP contribution in [-0.2, 0) is 9.59 Å². The summed E-state index contributed by atoms with van der Waals surface area (Å²) in [5.41, 5.74) is -0.990. The Hall–Kier alpha value is -1.10. The monoisotopic (exact) mass is 242 g/mol. The largest absolute Gasteiger partial charge is 0.481 e. The van der Waals surface area contributed by atoms with Gasteiger partial charge in [0, 0.05) is 19.0 Å². The minimum atomic E-state index is -0.990. The molecule has 98 valence electrons. The number of amides is 1. The molecule has 0 radical (unpaired) electrons. The summed E-state index contributed by atoms with van der Waals surface area (Å²) >= 11 is 0. The lowest BCUT2D eigenvalue weighted by atomic mass is 9.89. The Balaban J connectivity index is 2.05. The van der Waals surface area contributed by atoms with Crippen molar-refractivity contribution in [3.63, 3.8) is 0 Å². The molecule has 0 aliphatic heterocycles. The highest BCUT2D eigenvalue weighted by atomic mass is 16.4. The highest BCUT2D eigenvalue weighted by Crippen LogP contribution is 2.20. The quantitative estimate of drug-likeness (QED) is 0.549. The number of hydrogen-bond donors (Lipinski definition) is 3. The summed E-state index contributed by atoms with van der Waals surface area (Å²) in [6.07, 6.45) is 3.44. The topological polar surface area (TPSA) is 78.4 Å². The van der Waals surface area contributed by atoms with Crippen LogP contribution in [0.1, 0.15) is 39.5 Å². The van der Waals surface area contributed by atoms with E-state index >= 15 is 0 Å². The summed E-state index contributed by atoms with van der Waals surface area (Å²) in [7, 11) is 0. The minimum absolute atomic E-state index is 0.0262. The van der Waals surface area contributed by atoms with E-state index in [1.807, 2.05) is 0 Å². The van der Waals surface area contributed by atoms with Crippen molar-refractivity contribution in [2.45, 2.75) is 45.6 Å². The number of carbonyl (C=O) groups excluding carboxylic acids is 1. The Kier molecular flexibility index (Phi) is 4.93. The molecule has 1 fully saturated rings. The molecule has 1 amide bonds. The molecule has 5 nitrogen and oxygen atoms in total. The molecule has 0 heterocycles. The fourth-order valence-corrected chi connectivity index (χ4v) is 1.45. The van der Waals surface area contributed by atoms with Gasteiger partial charge in [-0.3, -0.25) is 9.59 Å². The van der Waals surface area contributed by atoms with Crippen LogP contribution in [0, 0.1) is 5.41 Å². The first-order chi connectivity index (χ1) is 7.92. The third-order valence-corrected chi connectivity index (χ3v) is 2.87. The molecule has 0 atom stereocenters. The van der Waals surface area contributed by atoms with E-state index in [1.54, 1.807) is 13.8 Å². The third kappa shape index (κ3) is 5.68. The van der Waals surface area contributed by atoms with Crippen molar-refractivity contribution in [1.82, 2.24) is 10.6 Å². The van der Waals surface area contributed by atoms with Crippen LogP contribution in [0.15, 0.2) is 0 Å². The van der Waals surface area contributed by atoms with E-state index in [1.165, 1.54) is 12.8 Å². The molecule has 0 aromatic heterocycles. The zero-order valence-electron chi connectivity index (χ0n) is 10.6.